The van der Waals surface area contributed by atoms with E-state index >= 15 is 0 Å². The summed E-state index contributed by atoms with van der Waals surface area (Å²) in [7, 11) is 0. The first-order valence-corrected chi connectivity index (χ1v) is 4.37. The van der Waals surface area contributed by atoms with E-state index in [1.54, 1.807) is 0 Å². The van der Waals surface area contributed by atoms with Gasteiger partial charge in [-0.05, 0) is 6.07 Å². The lowest BCUT2D eigenvalue weighted by Crippen LogP contribution is -2.22. The van der Waals surface area contributed by atoms with Crippen LogP contribution in [-0.2, 0) is 0 Å². The van der Waals surface area contributed by atoms with Gasteiger partial charge < -0.3 is 5.11 Å². The summed E-state index contributed by atoms with van der Waals surface area (Å²) in [5.74, 6) is -1.29. The molecule has 5 nitrogen and oxygen atoms in total. The number of carboxylic acids is 1. The molecule has 0 spiro atoms. The third-order valence-corrected chi connectivity index (χ3v) is 2.14. The Kier molecular flexibility index (Phi) is 2.17. The Labute approximate surface area is 88.6 Å². The van der Waals surface area contributed by atoms with Crippen molar-refractivity contribution in [1.29, 1.82) is 0 Å². The standard InChI is InChI=1S/C9H5ClN2O3/c10-5-1-2-12-7(3-5)11-4-6(8(12)13)9(14)15/h1-4H,(H,14,15). The molecule has 15 heavy (non-hydrogen) atoms. The number of aromatic nitrogens is 2. The Morgan fingerprint density at radius 2 is 2.27 bits per heavy atom. The number of aromatic carboxylic acids is 1. The Morgan fingerprint density at radius 3 is 2.93 bits per heavy atom. The van der Waals surface area contributed by atoms with Crippen LogP contribution in [0.4, 0.5) is 0 Å². The van der Waals surface area contributed by atoms with Crippen molar-refractivity contribution in [2.24, 2.45) is 0 Å². The quantitative estimate of drug-likeness (QED) is 0.786. The van der Waals surface area contributed by atoms with Crippen LogP contribution in [0.15, 0.2) is 29.3 Å². The molecule has 0 bridgehead atoms. The molecule has 0 aliphatic rings. The Morgan fingerprint density at radius 1 is 1.53 bits per heavy atom. The molecule has 0 radical (unpaired) electrons. The van der Waals surface area contributed by atoms with E-state index in [2.05, 4.69) is 4.98 Å². The smallest absolute Gasteiger partial charge is 0.342 e. The third-order valence-electron chi connectivity index (χ3n) is 1.90. The number of hydrogen-bond donors (Lipinski definition) is 1. The average Bonchev–Trinajstić information content (AvgIpc) is 2.17. The molecule has 0 aromatic carbocycles. The molecule has 2 rings (SSSR count). The van der Waals surface area contributed by atoms with Gasteiger partial charge in [-0.2, -0.15) is 0 Å². The van der Waals surface area contributed by atoms with Crippen molar-refractivity contribution >= 4 is 23.2 Å². The lowest BCUT2D eigenvalue weighted by molar-refractivity contribution is 0.0694. The number of carboxylic acid groups (broad SMARTS) is 1. The zero-order valence-corrected chi connectivity index (χ0v) is 8.10. The lowest BCUT2D eigenvalue weighted by Gasteiger charge is -2.00. The predicted molar refractivity (Wildman–Crippen MR) is 53.4 cm³/mol. The fraction of sp³-hybridized carbons (Fsp3) is 0. The monoisotopic (exact) mass is 224 g/mol. The molecule has 0 saturated heterocycles. The number of carbonyl (C=O) groups is 1. The first-order chi connectivity index (χ1) is 7.09. The topological polar surface area (TPSA) is 71.7 Å². The summed E-state index contributed by atoms with van der Waals surface area (Å²) in [5.41, 5.74) is -0.670. The summed E-state index contributed by atoms with van der Waals surface area (Å²) in [4.78, 5) is 26.1. The van der Waals surface area contributed by atoms with Gasteiger partial charge in [-0.15, -0.1) is 0 Å². The summed E-state index contributed by atoms with van der Waals surface area (Å²) in [6.45, 7) is 0. The summed E-state index contributed by atoms with van der Waals surface area (Å²) in [5, 5.41) is 9.14. The molecule has 0 aliphatic heterocycles. The van der Waals surface area contributed by atoms with Gasteiger partial charge >= 0.3 is 5.97 Å². The van der Waals surface area contributed by atoms with Gasteiger partial charge in [-0.1, -0.05) is 11.6 Å². The normalized spacial score (nSPS) is 10.5. The van der Waals surface area contributed by atoms with Crippen LogP contribution >= 0.6 is 11.6 Å². The van der Waals surface area contributed by atoms with E-state index in [4.69, 9.17) is 16.7 Å². The van der Waals surface area contributed by atoms with Crippen molar-refractivity contribution < 1.29 is 9.90 Å². The second-order valence-corrected chi connectivity index (χ2v) is 3.29. The van der Waals surface area contributed by atoms with E-state index in [1.165, 1.54) is 18.3 Å². The maximum absolute atomic E-state index is 11.6. The van der Waals surface area contributed by atoms with Crippen LogP contribution in [0.2, 0.25) is 5.02 Å². The Balaban J connectivity index is 2.86. The third kappa shape index (κ3) is 1.57. The number of nitrogens with zero attached hydrogens (tertiary/aromatic N) is 2. The highest BCUT2D eigenvalue weighted by atomic mass is 35.5. The maximum Gasteiger partial charge on any atom is 0.342 e. The maximum atomic E-state index is 11.6. The lowest BCUT2D eigenvalue weighted by atomic mass is 10.3. The second kappa shape index (κ2) is 3.36. The van der Waals surface area contributed by atoms with Crippen LogP contribution in [0.5, 0.6) is 0 Å². The van der Waals surface area contributed by atoms with Crippen LogP contribution in [0, 0.1) is 0 Å². The molecule has 2 aromatic heterocycles. The fourth-order valence-electron chi connectivity index (χ4n) is 1.20. The van der Waals surface area contributed by atoms with Crippen LogP contribution in [-0.4, -0.2) is 20.5 Å². The van der Waals surface area contributed by atoms with Crippen molar-refractivity contribution in [3.8, 4) is 0 Å². The van der Waals surface area contributed by atoms with Crippen molar-refractivity contribution in [3.05, 3.63) is 45.5 Å². The molecule has 2 aromatic rings. The fourth-order valence-corrected chi connectivity index (χ4v) is 1.35. The van der Waals surface area contributed by atoms with Gasteiger partial charge in [-0.25, -0.2) is 9.78 Å². The first kappa shape index (κ1) is 9.67. The molecule has 2 heterocycles. The molecule has 0 unspecified atom stereocenters. The summed E-state index contributed by atoms with van der Waals surface area (Å²) >= 11 is 5.70. The van der Waals surface area contributed by atoms with E-state index in [1.807, 2.05) is 0 Å². The zero-order valence-electron chi connectivity index (χ0n) is 7.35. The summed E-state index contributed by atoms with van der Waals surface area (Å²) in [6, 6.07) is 2.97. The molecule has 0 amide bonds. The predicted octanol–water partition coefficient (Wildman–Crippen LogP) is 1.05. The van der Waals surface area contributed by atoms with Crippen LogP contribution in [0.1, 0.15) is 10.4 Å². The molecule has 1 N–H and O–H groups in total. The minimum Gasteiger partial charge on any atom is -0.477 e. The highest BCUT2D eigenvalue weighted by Crippen LogP contribution is 2.08. The largest absolute Gasteiger partial charge is 0.477 e. The summed E-state index contributed by atoms with van der Waals surface area (Å²) < 4.78 is 1.13. The molecule has 0 saturated carbocycles. The molecule has 6 heteroatoms. The van der Waals surface area contributed by atoms with Crippen molar-refractivity contribution in [2.75, 3.05) is 0 Å². The molecular formula is C9H5ClN2O3. The van der Waals surface area contributed by atoms with Crippen LogP contribution < -0.4 is 5.56 Å². The minimum absolute atomic E-state index is 0.317. The van der Waals surface area contributed by atoms with Crippen molar-refractivity contribution in [3.63, 3.8) is 0 Å². The van der Waals surface area contributed by atoms with E-state index in [9.17, 15) is 9.59 Å². The van der Waals surface area contributed by atoms with Gasteiger partial charge in [0.2, 0.25) is 0 Å². The molecule has 0 atom stereocenters. The first-order valence-electron chi connectivity index (χ1n) is 4.00. The van der Waals surface area contributed by atoms with E-state index in [0.717, 1.165) is 10.6 Å². The van der Waals surface area contributed by atoms with E-state index < -0.39 is 11.5 Å². The van der Waals surface area contributed by atoms with Gasteiger partial charge in [0.1, 0.15) is 11.2 Å². The Bertz CT molecular complexity index is 606. The minimum atomic E-state index is -1.29. The highest BCUT2D eigenvalue weighted by Gasteiger charge is 2.11. The molecular weight excluding hydrogens is 220 g/mol. The van der Waals surface area contributed by atoms with Crippen molar-refractivity contribution in [1.82, 2.24) is 9.38 Å². The number of fused-ring (bicyclic) bond motifs is 1. The molecule has 0 aliphatic carbocycles. The number of hydrogen-bond acceptors (Lipinski definition) is 3. The second-order valence-electron chi connectivity index (χ2n) is 2.86. The molecule has 76 valence electrons. The van der Waals surface area contributed by atoms with Gasteiger partial charge in [0.25, 0.3) is 5.56 Å². The number of pyridine rings is 1. The van der Waals surface area contributed by atoms with Crippen LogP contribution in [0.25, 0.3) is 5.65 Å². The van der Waals surface area contributed by atoms with Gasteiger partial charge in [0.05, 0.1) is 0 Å². The summed E-state index contributed by atoms with van der Waals surface area (Å²) in [6.07, 6.45) is 2.41. The van der Waals surface area contributed by atoms with Gasteiger partial charge in [0, 0.05) is 23.5 Å². The molecule has 0 fully saturated rings. The van der Waals surface area contributed by atoms with E-state index in [-0.39, 0.29) is 5.56 Å². The number of rotatable bonds is 1. The zero-order chi connectivity index (χ0) is 11.0. The highest BCUT2D eigenvalue weighted by molar-refractivity contribution is 6.30. The van der Waals surface area contributed by atoms with Gasteiger partial charge in [0.15, 0.2) is 0 Å². The van der Waals surface area contributed by atoms with Crippen LogP contribution in [0.3, 0.4) is 0 Å². The van der Waals surface area contributed by atoms with E-state index in [0.29, 0.717) is 10.7 Å². The van der Waals surface area contributed by atoms with Gasteiger partial charge in [-0.3, -0.25) is 9.20 Å². The average molecular weight is 225 g/mol. The SMILES string of the molecule is O=C(O)c1cnc2cc(Cl)ccn2c1=O. The number of halogens is 1. The van der Waals surface area contributed by atoms with Crippen molar-refractivity contribution in [2.45, 2.75) is 0 Å². The Hall–Kier alpha value is -1.88.